The van der Waals surface area contributed by atoms with Crippen molar-refractivity contribution in [3.05, 3.63) is 17.5 Å². The highest BCUT2D eigenvalue weighted by molar-refractivity contribution is 5.80. The zero-order chi connectivity index (χ0) is 12.8. The van der Waals surface area contributed by atoms with Gasteiger partial charge in [-0.25, -0.2) is 0 Å². The molecule has 5 heteroatoms. The fourth-order valence-electron chi connectivity index (χ4n) is 1.67. The van der Waals surface area contributed by atoms with Crippen molar-refractivity contribution in [2.75, 3.05) is 0 Å². The van der Waals surface area contributed by atoms with Crippen LogP contribution in [-0.2, 0) is 24.8 Å². The first kappa shape index (κ1) is 13.2. The highest BCUT2D eigenvalue weighted by Gasteiger charge is 2.15. The highest BCUT2D eigenvalue weighted by atomic mass is 16.1. The van der Waals surface area contributed by atoms with Crippen molar-refractivity contribution in [2.45, 2.75) is 33.2 Å². The van der Waals surface area contributed by atoms with E-state index in [0.29, 0.717) is 13.0 Å². The second-order valence-electron chi connectivity index (χ2n) is 3.94. The lowest BCUT2D eigenvalue weighted by molar-refractivity contribution is -0.123. The molecule has 1 unspecified atom stereocenters. The number of aromatic nitrogens is 2. The standard InChI is InChI=1S/C12H18N4O/c1-4-9(6-13)12(17)14-7-10-8-16(3)15-11(10)5-2/h8-9H,4-5,7H2,1-3H3,(H,14,17). The van der Waals surface area contributed by atoms with Crippen molar-refractivity contribution in [1.29, 1.82) is 5.26 Å². The number of aryl methyl sites for hydroxylation is 2. The van der Waals surface area contributed by atoms with E-state index in [4.69, 9.17) is 5.26 Å². The van der Waals surface area contributed by atoms with E-state index in [2.05, 4.69) is 10.4 Å². The van der Waals surface area contributed by atoms with E-state index in [1.165, 1.54) is 0 Å². The third kappa shape index (κ3) is 3.31. The van der Waals surface area contributed by atoms with E-state index >= 15 is 0 Å². The Hall–Kier alpha value is -1.83. The summed E-state index contributed by atoms with van der Waals surface area (Å²) in [6, 6.07) is 1.99. The molecule has 0 aliphatic heterocycles. The van der Waals surface area contributed by atoms with Crippen LogP contribution in [0.3, 0.4) is 0 Å². The van der Waals surface area contributed by atoms with Crippen molar-refractivity contribution in [2.24, 2.45) is 13.0 Å². The summed E-state index contributed by atoms with van der Waals surface area (Å²) in [5.74, 6) is -0.766. The molecule has 0 saturated heterocycles. The maximum Gasteiger partial charge on any atom is 0.237 e. The van der Waals surface area contributed by atoms with Crippen LogP contribution in [0, 0.1) is 17.2 Å². The van der Waals surface area contributed by atoms with Gasteiger partial charge in [0.2, 0.25) is 5.91 Å². The summed E-state index contributed by atoms with van der Waals surface area (Å²) in [6.45, 7) is 4.29. The molecule has 1 heterocycles. The van der Waals surface area contributed by atoms with Gasteiger partial charge in [-0.05, 0) is 12.8 Å². The molecule has 92 valence electrons. The summed E-state index contributed by atoms with van der Waals surface area (Å²) < 4.78 is 1.74. The molecule has 1 atom stereocenters. The highest BCUT2D eigenvalue weighted by Crippen LogP contribution is 2.07. The fourth-order valence-corrected chi connectivity index (χ4v) is 1.67. The summed E-state index contributed by atoms with van der Waals surface area (Å²) >= 11 is 0. The molecule has 17 heavy (non-hydrogen) atoms. The second-order valence-corrected chi connectivity index (χ2v) is 3.94. The molecule has 1 aromatic heterocycles. The number of carbonyl (C=O) groups excluding carboxylic acids is 1. The topological polar surface area (TPSA) is 70.7 Å². The zero-order valence-electron chi connectivity index (χ0n) is 10.5. The molecule has 0 bridgehead atoms. The summed E-state index contributed by atoms with van der Waals surface area (Å²) in [5.41, 5.74) is 1.99. The summed E-state index contributed by atoms with van der Waals surface area (Å²) in [7, 11) is 1.86. The lowest BCUT2D eigenvalue weighted by Crippen LogP contribution is -2.29. The Morgan fingerprint density at radius 3 is 2.88 bits per heavy atom. The summed E-state index contributed by atoms with van der Waals surface area (Å²) in [5, 5.41) is 15.8. The average Bonchev–Trinajstić information content (AvgIpc) is 2.68. The number of rotatable bonds is 5. The number of nitriles is 1. The molecule has 0 aromatic carbocycles. The normalized spacial score (nSPS) is 11.9. The maximum atomic E-state index is 11.6. The van der Waals surface area contributed by atoms with E-state index < -0.39 is 5.92 Å². The second kappa shape index (κ2) is 6.04. The van der Waals surface area contributed by atoms with Crippen LogP contribution >= 0.6 is 0 Å². The van der Waals surface area contributed by atoms with Crippen molar-refractivity contribution < 1.29 is 4.79 Å². The molecule has 0 saturated carbocycles. The van der Waals surface area contributed by atoms with Gasteiger partial charge in [-0.15, -0.1) is 0 Å². The van der Waals surface area contributed by atoms with Gasteiger partial charge in [-0.3, -0.25) is 9.48 Å². The number of amides is 1. The minimum atomic E-state index is -0.559. The van der Waals surface area contributed by atoms with Crippen LogP contribution in [0.2, 0.25) is 0 Å². The van der Waals surface area contributed by atoms with E-state index in [1.807, 2.05) is 33.2 Å². The number of carbonyl (C=O) groups is 1. The summed E-state index contributed by atoms with van der Waals surface area (Å²) in [4.78, 5) is 11.6. The molecule has 0 fully saturated rings. The van der Waals surface area contributed by atoms with Crippen LogP contribution in [0.4, 0.5) is 0 Å². The molecule has 0 aliphatic rings. The third-order valence-electron chi connectivity index (χ3n) is 2.66. The predicted molar refractivity (Wildman–Crippen MR) is 63.8 cm³/mol. The first-order chi connectivity index (χ1) is 8.12. The van der Waals surface area contributed by atoms with Crippen LogP contribution in [0.15, 0.2) is 6.20 Å². The van der Waals surface area contributed by atoms with Gasteiger partial charge in [0.05, 0.1) is 11.8 Å². The minimum absolute atomic E-state index is 0.207. The molecule has 0 aliphatic carbocycles. The van der Waals surface area contributed by atoms with Gasteiger partial charge in [0, 0.05) is 25.4 Å². The zero-order valence-corrected chi connectivity index (χ0v) is 10.5. The lowest BCUT2D eigenvalue weighted by Gasteiger charge is -2.07. The Kier molecular flexibility index (Phi) is 4.70. The third-order valence-corrected chi connectivity index (χ3v) is 2.66. The van der Waals surface area contributed by atoms with Crippen molar-refractivity contribution in [1.82, 2.24) is 15.1 Å². The van der Waals surface area contributed by atoms with Crippen molar-refractivity contribution >= 4 is 5.91 Å². The van der Waals surface area contributed by atoms with Crippen LogP contribution in [0.25, 0.3) is 0 Å². The van der Waals surface area contributed by atoms with Gasteiger partial charge in [0.1, 0.15) is 5.92 Å². The molecular formula is C12H18N4O. The Balaban J connectivity index is 2.61. The van der Waals surface area contributed by atoms with E-state index in [1.54, 1.807) is 4.68 Å². The van der Waals surface area contributed by atoms with Gasteiger partial charge in [0.15, 0.2) is 0 Å². The van der Waals surface area contributed by atoms with Crippen LogP contribution in [0.5, 0.6) is 0 Å². The van der Waals surface area contributed by atoms with E-state index in [-0.39, 0.29) is 5.91 Å². The molecule has 1 amide bonds. The Labute approximate surface area is 101 Å². The summed E-state index contributed by atoms with van der Waals surface area (Å²) in [6.07, 6.45) is 3.27. The number of nitrogens with one attached hydrogen (secondary N) is 1. The maximum absolute atomic E-state index is 11.6. The van der Waals surface area contributed by atoms with Crippen LogP contribution < -0.4 is 5.32 Å². The Morgan fingerprint density at radius 2 is 2.35 bits per heavy atom. The quantitative estimate of drug-likeness (QED) is 0.830. The van der Waals surface area contributed by atoms with Crippen molar-refractivity contribution in [3.8, 4) is 6.07 Å². The lowest BCUT2D eigenvalue weighted by atomic mass is 10.1. The van der Waals surface area contributed by atoms with E-state index in [0.717, 1.165) is 17.7 Å². The van der Waals surface area contributed by atoms with Gasteiger partial charge < -0.3 is 5.32 Å². The van der Waals surface area contributed by atoms with Crippen molar-refractivity contribution in [3.63, 3.8) is 0 Å². The first-order valence-electron chi connectivity index (χ1n) is 5.81. The van der Waals surface area contributed by atoms with Gasteiger partial charge in [-0.2, -0.15) is 10.4 Å². The largest absolute Gasteiger partial charge is 0.351 e. The molecule has 1 aromatic rings. The average molecular weight is 234 g/mol. The van der Waals surface area contributed by atoms with Gasteiger partial charge in [-0.1, -0.05) is 13.8 Å². The molecular weight excluding hydrogens is 216 g/mol. The van der Waals surface area contributed by atoms with E-state index in [9.17, 15) is 4.79 Å². The van der Waals surface area contributed by atoms with Crippen LogP contribution in [0.1, 0.15) is 31.5 Å². The number of hydrogen-bond acceptors (Lipinski definition) is 3. The minimum Gasteiger partial charge on any atom is -0.351 e. The molecule has 5 nitrogen and oxygen atoms in total. The van der Waals surface area contributed by atoms with Crippen LogP contribution in [-0.4, -0.2) is 15.7 Å². The SMILES string of the molecule is CCc1nn(C)cc1CNC(=O)C(C#N)CC. The Bertz CT molecular complexity index is 430. The molecule has 0 spiro atoms. The van der Waals surface area contributed by atoms with Gasteiger partial charge >= 0.3 is 0 Å². The smallest absolute Gasteiger partial charge is 0.237 e. The molecule has 1 N–H and O–H groups in total. The Morgan fingerprint density at radius 1 is 1.65 bits per heavy atom. The number of nitrogens with zero attached hydrogens (tertiary/aromatic N) is 3. The first-order valence-corrected chi connectivity index (χ1v) is 5.81. The molecule has 1 rings (SSSR count). The molecule has 0 radical (unpaired) electrons. The van der Waals surface area contributed by atoms with Gasteiger partial charge in [0.25, 0.3) is 0 Å². The monoisotopic (exact) mass is 234 g/mol. The number of hydrogen-bond donors (Lipinski definition) is 1. The fraction of sp³-hybridized carbons (Fsp3) is 0.583. The predicted octanol–water partition coefficient (Wildman–Crippen LogP) is 1.15.